The molecule has 0 saturated carbocycles. The second-order valence-corrected chi connectivity index (χ2v) is 3.64. The summed E-state index contributed by atoms with van der Waals surface area (Å²) in [5, 5.41) is 29.3. The van der Waals surface area contributed by atoms with Crippen molar-refractivity contribution in [3.05, 3.63) is 39.9 Å². The fourth-order valence-electron chi connectivity index (χ4n) is 1.52. The summed E-state index contributed by atoms with van der Waals surface area (Å²) < 4.78 is 0. The van der Waals surface area contributed by atoms with Gasteiger partial charge in [-0.15, -0.1) is 0 Å². The molecule has 0 fully saturated rings. The minimum absolute atomic E-state index is 0.00648. The van der Waals surface area contributed by atoms with Crippen molar-refractivity contribution in [1.82, 2.24) is 0 Å². The summed E-state index contributed by atoms with van der Waals surface area (Å²) in [6.07, 6.45) is -0.134. The van der Waals surface area contributed by atoms with E-state index >= 15 is 0 Å². The van der Waals surface area contributed by atoms with Gasteiger partial charge in [-0.1, -0.05) is 6.92 Å². The number of benzene rings is 1. The number of hydrogen-bond acceptors (Lipinski definition) is 4. The van der Waals surface area contributed by atoms with E-state index in [2.05, 4.69) is 0 Å². The van der Waals surface area contributed by atoms with Crippen LogP contribution in [0.3, 0.4) is 0 Å². The minimum Gasteiger partial charge on any atom is -0.396 e. The van der Waals surface area contributed by atoms with Gasteiger partial charge in [-0.05, 0) is 24.1 Å². The molecule has 0 amide bonds. The first kappa shape index (κ1) is 12.6. The highest BCUT2D eigenvalue weighted by atomic mass is 16.6. The van der Waals surface area contributed by atoms with Gasteiger partial charge in [-0.2, -0.15) is 0 Å². The number of hydrogen-bond donors (Lipinski definition) is 2. The molecular weight excluding hydrogens is 210 g/mol. The van der Waals surface area contributed by atoms with E-state index in [-0.39, 0.29) is 18.2 Å². The summed E-state index contributed by atoms with van der Waals surface area (Å²) in [5.41, 5.74) is 0.583. The first-order chi connectivity index (χ1) is 7.60. The normalized spacial score (nSPS) is 14.4. The number of rotatable bonds is 5. The van der Waals surface area contributed by atoms with Crippen molar-refractivity contribution < 1.29 is 15.1 Å². The van der Waals surface area contributed by atoms with Gasteiger partial charge in [0, 0.05) is 24.7 Å². The summed E-state index contributed by atoms with van der Waals surface area (Å²) in [7, 11) is 0. The van der Waals surface area contributed by atoms with E-state index in [4.69, 9.17) is 5.11 Å². The van der Waals surface area contributed by atoms with Gasteiger partial charge in [0.05, 0.1) is 11.0 Å². The molecule has 0 bridgehead atoms. The van der Waals surface area contributed by atoms with Gasteiger partial charge in [0.25, 0.3) is 5.69 Å². The Bertz CT molecular complexity index is 346. The molecule has 88 valence electrons. The average molecular weight is 225 g/mol. The molecule has 0 aliphatic carbocycles. The zero-order chi connectivity index (χ0) is 12.1. The molecule has 1 aromatic carbocycles. The lowest BCUT2D eigenvalue weighted by Crippen LogP contribution is -2.15. The molecule has 0 aromatic heterocycles. The highest BCUT2D eigenvalue weighted by Crippen LogP contribution is 2.25. The van der Waals surface area contributed by atoms with Gasteiger partial charge < -0.3 is 10.2 Å². The number of aliphatic hydroxyl groups is 2. The van der Waals surface area contributed by atoms with Gasteiger partial charge in [0.15, 0.2) is 0 Å². The number of nitro benzene ring substituents is 1. The van der Waals surface area contributed by atoms with Crippen LogP contribution < -0.4 is 0 Å². The Labute approximate surface area is 93.5 Å². The third-order valence-electron chi connectivity index (χ3n) is 2.65. The fourth-order valence-corrected chi connectivity index (χ4v) is 1.52. The lowest BCUT2D eigenvalue weighted by atomic mass is 9.94. The van der Waals surface area contributed by atoms with E-state index in [0.717, 1.165) is 0 Å². The lowest BCUT2D eigenvalue weighted by molar-refractivity contribution is -0.384. The van der Waals surface area contributed by atoms with Crippen LogP contribution in [-0.2, 0) is 0 Å². The Balaban J connectivity index is 2.84. The van der Waals surface area contributed by atoms with Crippen LogP contribution in [0.4, 0.5) is 5.69 Å². The molecular formula is C11H15NO4. The molecule has 16 heavy (non-hydrogen) atoms. The molecule has 5 nitrogen and oxygen atoms in total. The molecule has 0 spiro atoms. The van der Waals surface area contributed by atoms with E-state index < -0.39 is 11.0 Å². The van der Waals surface area contributed by atoms with Crippen LogP contribution in [0.1, 0.15) is 25.0 Å². The van der Waals surface area contributed by atoms with Crippen molar-refractivity contribution in [3.63, 3.8) is 0 Å². The van der Waals surface area contributed by atoms with E-state index in [1.165, 1.54) is 24.3 Å². The van der Waals surface area contributed by atoms with Gasteiger partial charge in [-0.25, -0.2) is 0 Å². The van der Waals surface area contributed by atoms with Crippen LogP contribution in [0.2, 0.25) is 0 Å². The number of nitrogens with zero attached hydrogens (tertiary/aromatic N) is 1. The average Bonchev–Trinajstić information content (AvgIpc) is 2.30. The Morgan fingerprint density at radius 3 is 2.31 bits per heavy atom. The van der Waals surface area contributed by atoms with Crippen molar-refractivity contribution >= 4 is 5.69 Å². The smallest absolute Gasteiger partial charge is 0.269 e. The number of nitro groups is 1. The monoisotopic (exact) mass is 225 g/mol. The maximum Gasteiger partial charge on any atom is 0.269 e. The largest absolute Gasteiger partial charge is 0.396 e. The summed E-state index contributed by atoms with van der Waals surface area (Å²) >= 11 is 0. The highest BCUT2D eigenvalue weighted by Gasteiger charge is 2.19. The van der Waals surface area contributed by atoms with E-state index in [9.17, 15) is 15.2 Å². The second kappa shape index (κ2) is 5.58. The van der Waals surface area contributed by atoms with E-state index in [0.29, 0.717) is 12.0 Å². The third-order valence-corrected chi connectivity index (χ3v) is 2.65. The Morgan fingerprint density at radius 2 is 1.94 bits per heavy atom. The quantitative estimate of drug-likeness (QED) is 0.589. The topological polar surface area (TPSA) is 83.6 Å². The van der Waals surface area contributed by atoms with E-state index in [1.807, 2.05) is 6.92 Å². The molecule has 0 heterocycles. The molecule has 0 unspecified atom stereocenters. The summed E-state index contributed by atoms with van der Waals surface area (Å²) in [6.45, 7) is 1.77. The van der Waals surface area contributed by atoms with Crippen molar-refractivity contribution in [3.8, 4) is 0 Å². The molecule has 2 N–H and O–H groups in total. The lowest BCUT2D eigenvalue weighted by Gasteiger charge is -2.19. The zero-order valence-corrected chi connectivity index (χ0v) is 9.04. The first-order valence-electron chi connectivity index (χ1n) is 5.13. The Morgan fingerprint density at radius 1 is 1.38 bits per heavy atom. The van der Waals surface area contributed by atoms with Crippen LogP contribution >= 0.6 is 0 Å². The van der Waals surface area contributed by atoms with Crippen molar-refractivity contribution in [2.75, 3.05) is 6.61 Å². The van der Waals surface area contributed by atoms with Crippen LogP contribution in [0.5, 0.6) is 0 Å². The molecule has 1 rings (SSSR count). The maximum absolute atomic E-state index is 10.4. The predicted molar refractivity (Wildman–Crippen MR) is 58.9 cm³/mol. The molecule has 0 aliphatic heterocycles. The fraction of sp³-hybridized carbons (Fsp3) is 0.455. The van der Waals surface area contributed by atoms with Gasteiger partial charge in [0.2, 0.25) is 0 Å². The molecule has 1 aromatic rings. The van der Waals surface area contributed by atoms with Gasteiger partial charge >= 0.3 is 0 Å². The van der Waals surface area contributed by atoms with Crippen LogP contribution in [-0.4, -0.2) is 21.7 Å². The standard InChI is InChI=1S/C11H15NO4/c1-2-8(7-13)11(14)9-3-5-10(6-4-9)12(15)16/h3-6,8,11,13-14H,2,7H2,1H3/t8-,11-/m1/s1. The summed E-state index contributed by atoms with van der Waals surface area (Å²) in [4.78, 5) is 9.94. The van der Waals surface area contributed by atoms with E-state index in [1.54, 1.807) is 0 Å². The molecule has 0 aliphatic rings. The van der Waals surface area contributed by atoms with Crippen molar-refractivity contribution in [1.29, 1.82) is 0 Å². The number of non-ortho nitro benzene ring substituents is 1. The number of aliphatic hydroxyl groups excluding tert-OH is 2. The molecule has 5 heteroatoms. The van der Waals surface area contributed by atoms with Crippen molar-refractivity contribution in [2.45, 2.75) is 19.4 Å². The Kier molecular flexibility index (Phi) is 4.39. The van der Waals surface area contributed by atoms with Crippen LogP contribution in [0, 0.1) is 16.0 Å². The first-order valence-corrected chi connectivity index (χ1v) is 5.13. The SMILES string of the molecule is CC[C@H](CO)[C@@H](O)c1ccc([N+](=O)[O-])cc1. The third kappa shape index (κ3) is 2.77. The highest BCUT2D eigenvalue weighted by molar-refractivity contribution is 5.33. The Hall–Kier alpha value is -1.46. The second-order valence-electron chi connectivity index (χ2n) is 3.64. The zero-order valence-electron chi connectivity index (χ0n) is 9.04. The maximum atomic E-state index is 10.4. The molecule has 0 radical (unpaired) electrons. The van der Waals surface area contributed by atoms with Crippen LogP contribution in [0.25, 0.3) is 0 Å². The molecule has 0 saturated heterocycles. The van der Waals surface area contributed by atoms with Crippen LogP contribution in [0.15, 0.2) is 24.3 Å². The summed E-state index contributed by atoms with van der Waals surface area (Å²) in [5.74, 6) is -0.235. The van der Waals surface area contributed by atoms with Gasteiger partial charge in [0.1, 0.15) is 0 Å². The predicted octanol–water partition coefficient (Wildman–Crippen LogP) is 1.65. The van der Waals surface area contributed by atoms with Gasteiger partial charge in [-0.3, -0.25) is 10.1 Å². The molecule has 2 atom stereocenters. The summed E-state index contributed by atoms with van der Waals surface area (Å²) in [6, 6.07) is 5.73. The minimum atomic E-state index is -0.782. The van der Waals surface area contributed by atoms with Crippen molar-refractivity contribution in [2.24, 2.45) is 5.92 Å².